The maximum Gasteiger partial charge on any atom is 0.300 e. The molecule has 0 radical (unpaired) electrons. The monoisotopic (exact) mass is 417 g/mol. The van der Waals surface area contributed by atoms with Crippen molar-refractivity contribution in [2.75, 3.05) is 4.90 Å². The zero-order valence-corrected chi connectivity index (χ0v) is 18.2. The molecular weight excluding hydrogens is 394 g/mol. The molecule has 1 fully saturated rings. The second-order valence-electron chi connectivity index (χ2n) is 7.72. The first-order valence-electron chi connectivity index (χ1n) is 9.79. The summed E-state index contributed by atoms with van der Waals surface area (Å²) in [5.74, 6) is -1.40. The Kier molecular flexibility index (Phi) is 5.08. The zero-order chi connectivity index (χ0) is 21.6. The highest BCUT2D eigenvalue weighted by Crippen LogP contribution is 2.45. The number of amides is 1. The van der Waals surface area contributed by atoms with Crippen molar-refractivity contribution in [2.45, 2.75) is 33.7 Å². The van der Waals surface area contributed by atoms with Gasteiger partial charge in [-0.2, -0.15) is 0 Å². The van der Waals surface area contributed by atoms with Crippen molar-refractivity contribution in [3.8, 4) is 0 Å². The molecule has 0 saturated carbocycles. The highest BCUT2D eigenvalue weighted by molar-refractivity contribution is 7.10. The molecule has 1 aliphatic rings. The van der Waals surface area contributed by atoms with E-state index in [1.807, 2.05) is 81.6 Å². The van der Waals surface area contributed by atoms with E-state index in [0.717, 1.165) is 27.1 Å². The molecule has 0 spiro atoms. The van der Waals surface area contributed by atoms with Gasteiger partial charge in [-0.05, 0) is 68.0 Å². The number of Topliss-reactive ketones (excluding diaryl/α,β-unsaturated/α-hetero) is 1. The molecular formula is C25H23NO3S. The van der Waals surface area contributed by atoms with Crippen molar-refractivity contribution in [1.29, 1.82) is 0 Å². The van der Waals surface area contributed by atoms with E-state index in [-0.39, 0.29) is 11.3 Å². The van der Waals surface area contributed by atoms with Gasteiger partial charge in [0, 0.05) is 16.1 Å². The van der Waals surface area contributed by atoms with Gasteiger partial charge in [-0.3, -0.25) is 14.5 Å². The SMILES string of the molecule is Cc1ccc(C)c(/C(O)=C2/C(=O)C(=O)N(c3cccc(C)c3C)C2c2cccs2)c1. The van der Waals surface area contributed by atoms with E-state index in [4.69, 9.17) is 0 Å². The fraction of sp³-hybridized carbons (Fsp3) is 0.200. The van der Waals surface area contributed by atoms with E-state index < -0.39 is 17.7 Å². The first kappa shape index (κ1) is 20.1. The third-order valence-corrected chi connectivity index (χ3v) is 6.67. The second kappa shape index (κ2) is 7.58. The van der Waals surface area contributed by atoms with Crippen molar-refractivity contribution in [1.82, 2.24) is 0 Å². The van der Waals surface area contributed by atoms with Crippen molar-refractivity contribution in [3.05, 3.63) is 92.2 Å². The molecule has 1 N–H and O–H groups in total. The van der Waals surface area contributed by atoms with Crippen LogP contribution in [0.15, 0.2) is 59.5 Å². The summed E-state index contributed by atoms with van der Waals surface area (Å²) in [5.41, 5.74) is 5.20. The Labute approximate surface area is 180 Å². The van der Waals surface area contributed by atoms with Crippen LogP contribution in [0.3, 0.4) is 0 Å². The first-order chi connectivity index (χ1) is 14.3. The summed E-state index contributed by atoms with van der Waals surface area (Å²) in [4.78, 5) is 28.8. The molecule has 0 bridgehead atoms. The molecule has 1 unspecified atom stereocenters. The Morgan fingerprint density at radius 3 is 2.43 bits per heavy atom. The number of aliphatic hydroxyl groups is 1. The van der Waals surface area contributed by atoms with Crippen LogP contribution in [0.25, 0.3) is 5.76 Å². The molecule has 4 rings (SSSR count). The summed E-state index contributed by atoms with van der Waals surface area (Å²) in [6, 6.07) is 14.6. The molecule has 1 atom stereocenters. The highest BCUT2D eigenvalue weighted by Gasteiger charge is 2.47. The molecule has 152 valence electrons. The lowest BCUT2D eigenvalue weighted by molar-refractivity contribution is -0.132. The number of aryl methyl sites for hydroxylation is 3. The van der Waals surface area contributed by atoms with Gasteiger partial charge in [0.1, 0.15) is 11.8 Å². The van der Waals surface area contributed by atoms with Crippen LogP contribution in [-0.2, 0) is 9.59 Å². The van der Waals surface area contributed by atoms with Crippen LogP contribution in [0.2, 0.25) is 0 Å². The molecule has 4 nitrogen and oxygen atoms in total. The van der Waals surface area contributed by atoms with Gasteiger partial charge < -0.3 is 5.11 Å². The van der Waals surface area contributed by atoms with Gasteiger partial charge >= 0.3 is 0 Å². The number of carbonyl (C=O) groups excluding carboxylic acids is 2. The van der Waals surface area contributed by atoms with Gasteiger partial charge in [0.05, 0.1) is 5.57 Å². The fourth-order valence-corrected chi connectivity index (χ4v) is 4.75. The average Bonchev–Trinajstić information content (AvgIpc) is 3.33. The Hall–Kier alpha value is -3.18. The lowest BCUT2D eigenvalue weighted by Gasteiger charge is -2.26. The number of carbonyl (C=O) groups is 2. The maximum absolute atomic E-state index is 13.2. The van der Waals surface area contributed by atoms with Gasteiger partial charge in [-0.1, -0.05) is 35.9 Å². The quantitative estimate of drug-likeness (QED) is 0.342. The average molecular weight is 418 g/mol. The molecule has 1 aliphatic heterocycles. The highest BCUT2D eigenvalue weighted by atomic mass is 32.1. The number of hydrogen-bond acceptors (Lipinski definition) is 4. The number of thiophene rings is 1. The van der Waals surface area contributed by atoms with Crippen LogP contribution in [0.4, 0.5) is 5.69 Å². The van der Waals surface area contributed by atoms with E-state index in [9.17, 15) is 14.7 Å². The first-order valence-corrected chi connectivity index (χ1v) is 10.7. The minimum Gasteiger partial charge on any atom is -0.507 e. The Morgan fingerprint density at radius 1 is 0.967 bits per heavy atom. The molecule has 1 aromatic heterocycles. The molecule has 1 amide bonds. The number of nitrogens with zero attached hydrogens (tertiary/aromatic N) is 1. The Balaban J connectivity index is 1.99. The number of anilines is 1. The van der Waals surface area contributed by atoms with Crippen molar-refractivity contribution in [2.24, 2.45) is 0 Å². The minimum absolute atomic E-state index is 0.124. The summed E-state index contributed by atoms with van der Waals surface area (Å²) in [5, 5.41) is 13.2. The lowest BCUT2D eigenvalue weighted by atomic mass is 9.96. The van der Waals surface area contributed by atoms with Gasteiger partial charge in [-0.25, -0.2) is 0 Å². The van der Waals surface area contributed by atoms with Gasteiger partial charge in [-0.15, -0.1) is 11.3 Å². The maximum atomic E-state index is 13.2. The topological polar surface area (TPSA) is 57.6 Å². The summed E-state index contributed by atoms with van der Waals surface area (Å²) in [6.45, 7) is 7.74. The standard InChI is InChI=1S/C25H23NO3S/c1-14-10-11-16(3)18(13-14)23(27)21-22(20-9-6-12-30-20)26(25(29)24(21)28)19-8-5-7-15(2)17(19)4/h5-13,22,27H,1-4H3/b23-21-. The number of ketones is 1. The van der Waals surface area contributed by atoms with E-state index in [1.165, 1.54) is 16.2 Å². The molecule has 1 saturated heterocycles. The van der Waals surface area contributed by atoms with E-state index >= 15 is 0 Å². The van der Waals surface area contributed by atoms with Crippen LogP contribution in [-0.4, -0.2) is 16.8 Å². The lowest BCUT2D eigenvalue weighted by Crippen LogP contribution is -2.29. The Morgan fingerprint density at radius 2 is 1.73 bits per heavy atom. The number of benzene rings is 2. The summed E-state index contributed by atoms with van der Waals surface area (Å²) < 4.78 is 0. The largest absolute Gasteiger partial charge is 0.507 e. The van der Waals surface area contributed by atoms with E-state index in [1.54, 1.807) is 0 Å². The predicted octanol–water partition coefficient (Wildman–Crippen LogP) is 5.61. The van der Waals surface area contributed by atoms with Crippen LogP contribution in [0.1, 0.15) is 38.7 Å². The predicted molar refractivity (Wildman–Crippen MR) is 121 cm³/mol. The summed E-state index contributed by atoms with van der Waals surface area (Å²) in [6.07, 6.45) is 0. The molecule has 0 aliphatic carbocycles. The number of rotatable bonds is 3. The number of hydrogen-bond donors (Lipinski definition) is 1. The summed E-state index contributed by atoms with van der Waals surface area (Å²) >= 11 is 1.47. The van der Waals surface area contributed by atoms with Crippen LogP contribution in [0, 0.1) is 27.7 Å². The molecule has 2 aromatic carbocycles. The molecule has 2 heterocycles. The normalized spacial score (nSPS) is 18.3. The molecule has 5 heteroatoms. The number of aliphatic hydroxyl groups excluding tert-OH is 1. The van der Waals surface area contributed by atoms with E-state index in [2.05, 4.69) is 0 Å². The molecule has 3 aromatic rings. The van der Waals surface area contributed by atoms with Crippen molar-refractivity contribution in [3.63, 3.8) is 0 Å². The van der Waals surface area contributed by atoms with Gasteiger partial charge in [0.25, 0.3) is 11.7 Å². The van der Waals surface area contributed by atoms with E-state index in [0.29, 0.717) is 11.3 Å². The van der Waals surface area contributed by atoms with Gasteiger partial charge in [0.15, 0.2) is 0 Å². The van der Waals surface area contributed by atoms with Crippen molar-refractivity contribution >= 4 is 34.5 Å². The van der Waals surface area contributed by atoms with Crippen LogP contribution < -0.4 is 4.90 Å². The second-order valence-corrected chi connectivity index (χ2v) is 8.70. The fourth-order valence-electron chi connectivity index (χ4n) is 3.93. The van der Waals surface area contributed by atoms with Crippen LogP contribution >= 0.6 is 11.3 Å². The van der Waals surface area contributed by atoms with Crippen molar-refractivity contribution < 1.29 is 14.7 Å². The van der Waals surface area contributed by atoms with Crippen LogP contribution in [0.5, 0.6) is 0 Å². The smallest absolute Gasteiger partial charge is 0.300 e. The zero-order valence-electron chi connectivity index (χ0n) is 17.4. The third kappa shape index (κ3) is 3.15. The minimum atomic E-state index is -0.662. The third-order valence-electron chi connectivity index (χ3n) is 5.74. The Bertz CT molecular complexity index is 1190. The molecule has 30 heavy (non-hydrogen) atoms. The van der Waals surface area contributed by atoms with Gasteiger partial charge in [0.2, 0.25) is 0 Å². The summed E-state index contributed by atoms with van der Waals surface area (Å²) in [7, 11) is 0.